The normalized spacial score (nSPS) is 12.9. The first-order chi connectivity index (χ1) is 18.3. The second-order valence-corrected chi connectivity index (χ2v) is 10.8. The summed E-state index contributed by atoms with van der Waals surface area (Å²) in [6.45, 7) is -0.120. The second-order valence-electron chi connectivity index (χ2n) is 8.60. The molecule has 0 fully saturated rings. The molecule has 3 N–H and O–H groups in total. The van der Waals surface area contributed by atoms with Gasteiger partial charge in [0.1, 0.15) is 24.3 Å². The molecule has 0 saturated carbocycles. The van der Waals surface area contributed by atoms with Crippen molar-refractivity contribution in [1.29, 1.82) is 4.78 Å². The number of carbonyl (C=O) groups is 1. The molecule has 9 nitrogen and oxygen atoms in total. The van der Waals surface area contributed by atoms with Crippen LogP contribution in [0.4, 0.5) is 4.39 Å². The van der Waals surface area contributed by atoms with Gasteiger partial charge in [-0.2, -0.15) is 0 Å². The average Bonchev–Trinajstić information content (AvgIpc) is 3.56. The highest BCUT2D eigenvalue weighted by Crippen LogP contribution is 2.28. The van der Waals surface area contributed by atoms with Gasteiger partial charge in [0.05, 0.1) is 40.5 Å². The lowest BCUT2D eigenvalue weighted by molar-refractivity contribution is -0.121. The molecule has 1 amide bonds. The zero-order valence-corrected chi connectivity index (χ0v) is 21.0. The van der Waals surface area contributed by atoms with Crippen LogP contribution in [-0.4, -0.2) is 42.1 Å². The Hall–Kier alpha value is -4.35. The highest BCUT2D eigenvalue weighted by Gasteiger charge is 2.17. The summed E-state index contributed by atoms with van der Waals surface area (Å²) in [5.74, 6) is -0.406. The topological polar surface area (TPSA) is 134 Å². The fraction of sp³-hybridized carbons (Fsp3) is 0.148. The number of fused-ring (bicyclic) bond motifs is 1. The standard InChI is InChI=1S/C27H24FN5O4S/c28-21-4-8-24-20(13-21)14-25(27-30-9-11-37-27)33(24)17-26(35)32-16-22-5-1-19(15-31-22)18-2-6-23(7-3-18)38(29,36)12-10-34/h1-9,11,13-15,29,34H,10,12,16-17H2,(H,32,35). The molecule has 3 aromatic heterocycles. The maximum absolute atomic E-state index is 13.8. The van der Waals surface area contributed by atoms with E-state index in [1.807, 2.05) is 6.07 Å². The molecule has 2 aromatic carbocycles. The van der Waals surface area contributed by atoms with Gasteiger partial charge in [0, 0.05) is 27.6 Å². The van der Waals surface area contributed by atoms with Gasteiger partial charge in [-0.15, -0.1) is 0 Å². The molecule has 0 aliphatic heterocycles. The number of nitrogens with one attached hydrogen (secondary N) is 2. The minimum absolute atomic E-state index is 0.0211. The lowest BCUT2D eigenvalue weighted by atomic mass is 10.1. The van der Waals surface area contributed by atoms with E-state index < -0.39 is 9.73 Å². The van der Waals surface area contributed by atoms with Crippen molar-refractivity contribution in [3.63, 3.8) is 0 Å². The van der Waals surface area contributed by atoms with Gasteiger partial charge in [-0.3, -0.25) is 9.78 Å². The van der Waals surface area contributed by atoms with E-state index in [2.05, 4.69) is 15.3 Å². The van der Waals surface area contributed by atoms with Crippen LogP contribution in [0.1, 0.15) is 5.69 Å². The number of halogens is 1. The summed E-state index contributed by atoms with van der Waals surface area (Å²) < 4.78 is 41.1. The number of aliphatic hydroxyl groups is 1. The van der Waals surface area contributed by atoms with Crippen LogP contribution < -0.4 is 5.32 Å². The third kappa shape index (κ3) is 5.34. The van der Waals surface area contributed by atoms with Crippen LogP contribution in [0.3, 0.4) is 0 Å². The van der Waals surface area contributed by atoms with E-state index in [9.17, 15) is 13.4 Å². The van der Waals surface area contributed by atoms with Crippen molar-refractivity contribution in [3.8, 4) is 22.7 Å². The molecule has 194 valence electrons. The zero-order chi connectivity index (χ0) is 26.7. The van der Waals surface area contributed by atoms with Crippen LogP contribution in [0.2, 0.25) is 0 Å². The Bertz CT molecular complexity index is 1680. The smallest absolute Gasteiger partial charge is 0.243 e. The first kappa shape index (κ1) is 25.3. The lowest BCUT2D eigenvalue weighted by Crippen LogP contribution is -2.27. The van der Waals surface area contributed by atoms with Crippen LogP contribution in [0, 0.1) is 10.6 Å². The van der Waals surface area contributed by atoms with Gasteiger partial charge >= 0.3 is 0 Å². The molecule has 0 aliphatic rings. The van der Waals surface area contributed by atoms with Crippen LogP contribution in [0.5, 0.6) is 0 Å². The van der Waals surface area contributed by atoms with Gasteiger partial charge in [0.2, 0.25) is 11.8 Å². The van der Waals surface area contributed by atoms with Crippen molar-refractivity contribution in [2.75, 3.05) is 12.4 Å². The zero-order valence-electron chi connectivity index (χ0n) is 20.1. The number of nitrogens with zero attached hydrogens (tertiary/aromatic N) is 3. The van der Waals surface area contributed by atoms with Gasteiger partial charge in [-0.1, -0.05) is 18.2 Å². The summed E-state index contributed by atoms with van der Waals surface area (Å²) in [5, 5.41) is 12.5. The number of rotatable bonds is 9. The third-order valence-electron chi connectivity index (χ3n) is 6.06. The van der Waals surface area contributed by atoms with Crippen LogP contribution in [-0.2, 0) is 27.6 Å². The van der Waals surface area contributed by atoms with Gasteiger partial charge in [-0.25, -0.2) is 18.4 Å². The predicted molar refractivity (Wildman–Crippen MR) is 140 cm³/mol. The quantitative estimate of drug-likeness (QED) is 0.260. The van der Waals surface area contributed by atoms with Gasteiger partial charge in [0.25, 0.3) is 0 Å². The van der Waals surface area contributed by atoms with E-state index in [-0.39, 0.29) is 37.2 Å². The summed E-state index contributed by atoms with van der Waals surface area (Å²) in [5.41, 5.74) is 3.57. The Morgan fingerprint density at radius 1 is 1.08 bits per heavy atom. The maximum atomic E-state index is 13.8. The average molecular weight is 534 g/mol. The Balaban J connectivity index is 1.26. The molecule has 0 radical (unpaired) electrons. The second kappa shape index (κ2) is 10.6. The van der Waals surface area contributed by atoms with Gasteiger partial charge in [-0.05, 0) is 48.0 Å². The lowest BCUT2D eigenvalue weighted by Gasteiger charge is -2.10. The van der Waals surface area contributed by atoms with E-state index in [0.29, 0.717) is 33.1 Å². The molecule has 3 heterocycles. The van der Waals surface area contributed by atoms with Crippen LogP contribution in [0.15, 0.2) is 88.6 Å². The number of hydrogen-bond acceptors (Lipinski definition) is 7. The van der Waals surface area contributed by atoms with Crippen molar-refractivity contribution in [2.24, 2.45) is 0 Å². The number of oxazole rings is 1. The van der Waals surface area contributed by atoms with E-state index >= 15 is 0 Å². The molecule has 11 heteroatoms. The SMILES string of the molecule is N=S(=O)(CCO)c1ccc(-c2ccc(CNC(=O)Cn3c(-c4ncco4)cc4cc(F)ccc43)nc2)cc1. The Morgan fingerprint density at radius 2 is 1.87 bits per heavy atom. The van der Waals surface area contributed by atoms with E-state index in [0.717, 1.165) is 11.1 Å². The van der Waals surface area contributed by atoms with Crippen molar-refractivity contribution >= 4 is 26.5 Å². The monoisotopic (exact) mass is 533 g/mol. The molecule has 0 spiro atoms. The molecule has 1 atom stereocenters. The summed E-state index contributed by atoms with van der Waals surface area (Å²) in [4.78, 5) is 21.8. The maximum Gasteiger partial charge on any atom is 0.243 e. The molecule has 1 unspecified atom stereocenters. The van der Waals surface area contributed by atoms with E-state index in [1.165, 1.54) is 24.6 Å². The van der Waals surface area contributed by atoms with Crippen molar-refractivity contribution in [3.05, 3.63) is 90.8 Å². The number of aliphatic hydroxyl groups excluding tert-OH is 1. The first-order valence-corrected chi connectivity index (χ1v) is 13.4. The summed E-state index contributed by atoms with van der Waals surface area (Å²) in [7, 11) is -3.01. The van der Waals surface area contributed by atoms with Crippen LogP contribution in [0.25, 0.3) is 33.6 Å². The minimum Gasteiger partial charge on any atom is -0.443 e. The minimum atomic E-state index is -3.01. The fourth-order valence-corrected chi connectivity index (χ4v) is 5.21. The molecule has 5 rings (SSSR count). The first-order valence-electron chi connectivity index (χ1n) is 11.7. The molecular weight excluding hydrogens is 509 g/mol. The summed E-state index contributed by atoms with van der Waals surface area (Å²) in [6.07, 6.45) is 4.62. The molecule has 0 saturated heterocycles. The molecule has 5 aromatic rings. The Kier molecular flexibility index (Phi) is 7.03. The van der Waals surface area contributed by atoms with Crippen molar-refractivity contribution in [1.82, 2.24) is 19.9 Å². The molecule has 0 bridgehead atoms. The number of hydrogen-bond donors (Lipinski definition) is 3. The number of pyridine rings is 1. The highest BCUT2D eigenvalue weighted by atomic mass is 32.2. The highest BCUT2D eigenvalue weighted by molar-refractivity contribution is 7.92. The largest absolute Gasteiger partial charge is 0.443 e. The van der Waals surface area contributed by atoms with E-state index in [4.69, 9.17) is 14.3 Å². The Morgan fingerprint density at radius 3 is 2.55 bits per heavy atom. The van der Waals surface area contributed by atoms with Gasteiger partial charge < -0.3 is 19.4 Å². The summed E-state index contributed by atoms with van der Waals surface area (Å²) >= 11 is 0. The van der Waals surface area contributed by atoms with Gasteiger partial charge in [0.15, 0.2) is 0 Å². The molecule has 38 heavy (non-hydrogen) atoms. The molecular formula is C27H24FN5O4S. The predicted octanol–water partition coefficient (Wildman–Crippen LogP) is 4.21. The number of benzene rings is 2. The van der Waals surface area contributed by atoms with Crippen molar-refractivity contribution in [2.45, 2.75) is 18.0 Å². The van der Waals surface area contributed by atoms with Crippen molar-refractivity contribution < 1.29 is 22.9 Å². The Labute approximate surface area is 218 Å². The van der Waals surface area contributed by atoms with E-state index in [1.54, 1.807) is 53.2 Å². The number of amides is 1. The van der Waals surface area contributed by atoms with Crippen LogP contribution >= 0.6 is 0 Å². The molecule has 0 aliphatic carbocycles. The number of aromatic nitrogens is 3. The number of carbonyl (C=O) groups excluding carboxylic acids is 1. The summed E-state index contributed by atoms with van der Waals surface area (Å²) in [6, 6.07) is 16.5. The fourth-order valence-electron chi connectivity index (χ4n) is 4.14. The third-order valence-corrected chi connectivity index (χ3v) is 7.85.